The van der Waals surface area contributed by atoms with Gasteiger partial charge < -0.3 is 14.5 Å². The van der Waals surface area contributed by atoms with Crippen molar-refractivity contribution < 1.29 is 14.3 Å². The van der Waals surface area contributed by atoms with Crippen molar-refractivity contribution in [2.45, 2.75) is 25.8 Å². The van der Waals surface area contributed by atoms with E-state index in [2.05, 4.69) is 0 Å². The molecule has 1 unspecified atom stereocenters. The molecule has 5 nitrogen and oxygen atoms in total. The highest BCUT2D eigenvalue weighted by molar-refractivity contribution is 5.95. The largest absolute Gasteiger partial charge is 0.497 e. The quantitative estimate of drug-likeness (QED) is 0.713. The summed E-state index contributed by atoms with van der Waals surface area (Å²) in [6, 6.07) is 15.4. The van der Waals surface area contributed by atoms with Crippen LogP contribution in [0.5, 0.6) is 5.75 Å². The first-order valence-electron chi connectivity index (χ1n) is 9.49. The van der Waals surface area contributed by atoms with E-state index in [1.165, 1.54) is 0 Å². The van der Waals surface area contributed by atoms with Gasteiger partial charge in [-0.1, -0.05) is 24.3 Å². The first-order chi connectivity index (χ1) is 13.5. The van der Waals surface area contributed by atoms with Gasteiger partial charge in [-0.3, -0.25) is 9.59 Å². The summed E-state index contributed by atoms with van der Waals surface area (Å²) in [6.07, 6.45) is 4.91. The second-order valence-electron chi connectivity index (χ2n) is 6.97. The number of ether oxygens (including phenoxy) is 1. The molecule has 1 saturated heterocycles. The summed E-state index contributed by atoms with van der Waals surface area (Å²) < 4.78 is 5.18. The molecule has 1 fully saturated rings. The topological polar surface area (TPSA) is 49.9 Å². The monoisotopic (exact) mass is 378 g/mol. The van der Waals surface area contributed by atoms with Crippen LogP contribution >= 0.6 is 0 Å². The summed E-state index contributed by atoms with van der Waals surface area (Å²) in [4.78, 5) is 27.9. The Kier molecular flexibility index (Phi) is 6.14. The van der Waals surface area contributed by atoms with Crippen molar-refractivity contribution >= 4 is 23.6 Å². The van der Waals surface area contributed by atoms with Crippen molar-refractivity contribution in [1.29, 1.82) is 0 Å². The molecule has 0 saturated carbocycles. The van der Waals surface area contributed by atoms with Gasteiger partial charge >= 0.3 is 0 Å². The van der Waals surface area contributed by atoms with Gasteiger partial charge in [0, 0.05) is 31.8 Å². The predicted molar refractivity (Wildman–Crippen MR) is 111 cm³/mol. The highest BCUT2D eigenvalue weighted by Crippen LogP contribution is 2.23. The molecule has 0 aromatic heterocycles. The first kappa shape index (κ1) is 19.7. The number of carbonyl (C=O) groups is 2. The van der Waals surface area contributed by atoms with Gasteiger partial charge in [0.25, 0.3) is 0 Å². The molecule has 0 spiro atoms. The standard InChI is InChI=1S/C23H26N2O3/c1-17(19-9-13-21(28-3)14-10-19)24(2)22(26)15-8-18-6-11-20(12-7-18)25-16-4-5-23(25)27/h6-15,17H,4-5,16H2,1-3H3/b15-8+. The Hall–Kier alpha value is -3.08. The van der Waals surface area contributed by atoms with E-state index in [9.17, 15) is 9.59 Å². The third-order valence-electron chi connectivity index (χ3n) is 5.22. The molecule has 2 amide bonds. The zero-order chi connectivity index (χ0) is 20.1. The van der Waals surface area contributed by atoms with E-state index in [4.69, 9.17) is 4.74 Å². The third kappa shape index (κ3) is 4.42. The highest BCUT2D eigenvalue weighted by atomic mass is 16.5. The molecule has 146 valence electrons. The van der Waals surface area contributed by atoms with Crippen LogP contribution < -0.4 is 9.64 Å². The zero-order valence-electron chi connectivity index (χ0n) is 16.6. The fraction of sp³-hybridized carbons (Fsp3) is 0.304. The number of amides is 2. The van der Waals surface area contributed by atoms with Gasteiger partial charge in [0.1, 0.15) is 5.75 Å². The summed E-state index contributed by atoms with van der Waals surface area (Å²) in [7, 11) is 3.43. The fourth-order valence-corrected chi connectivity index (χ4v) is 3.27. The van der Waals surface area contributed by atoms with E-state index in [1.807, 2.05) is 60.4 Å². The molecule has 2 aromatic rings. The second-order valence-corrected chi connectivity index (χ2v) is 6.97. The maximum Gasteiger partial charge on any atom is 0.246 e. The normalized spacial score (nSPS) is 15.1. The van der Waals surface area contributed by atoms with E-state index >= 15 is 0 Å². The number of likely N-dealkylation sites (N-methyl/N-ethyl adjacent to an activating group) is 1. The van der Waals surface area contributed by atoms with Crippen molar-refractivity contribution in [2.24, 2.45) is 0 Å². The van der Waals surface area contributed by atoms with Crippen molar-refractivity contribution in [3.8, 4) is 5.75 Å². The second kappa shape index (κ2) is 8.74. The number of benzene rings is 2. The minimum atomic E-state index is -0.0675. The number of nitrogens with zero attached hydrogens (tertiary/aromatic N) is 2. The van der Waals surface area contributed by atoms with Crippen molar-refractivity contribution in [1.82, 2.24) is 4.90 Å². The van der Waals surface area contributed by atoms with Crippen LogP contribution in [0.3, 0.4) is 0 Å². The lowest BCUT2D eigenvalue weighted by Gasteiger charge is -2.24. The summed E-state index contributed by atoms with van der Waals surface area (Å²) in [6.45, 7) is 2.77. The molecule has 0 bridgehead atoms. The summed E-state index contributed by atoms with van der Waals surface area (Å²) >= 11 is 0. The van der Waals surface area contributed by atoms with E-state index in [0.717, 1.165) is 35.5 Å². The van der Waals surface area contributed by atoms with Crippen LogP contribution in [0, 0.1) is 0 Å². The van der Waals surface area contributed by atoms with Gasteiger partial charge in [0.2, 0.25) is 11.8 Å². The molecule has 28 heavy (non-hydrogen) atoms. The van der Waals surface area contributed by atoms with E-state index in [0.29, 0.717) is 6.42 Å². The Labute approximate surface area is 166 Å². The molecule has 1 atom stereocenters. The number of rotatable bonds is 6. The van der Waals surface area contributed by atoms with Gasteiger partial charge in [0.15, 0.2) is 0 Å². The maximum atomic E-state index is 12.5. The molecule has 1 aliphatic heterocycles. The van der Waals surface area contributed by atoms with Gasteiger partial charge in [-0.25, -0.2) is 0 Å². The highest BCUT2D eigenvalue weighted by Gasteiger charge is 2.21. The molecule has 5 heteroatoms. The number of methoxy groups -OCH3 is 1. The maximum absolute atomic E-state index is 12.5. The van der Waals surface area contributed by atoms with Crippen molar-refractivity contribution in [3.05, 3.63) is 65.7 Å². The Bertz CT molecular complexity index is 856. The molecule has 1 heterocycles. The summed E-state index contributed by atoms with van der Waals surface area (Å²) in [5.41, 5.74) is 2.88. The molecular weight excluding hydrogens is 352 g/mol. The lowest BCUT2D eigenvalue weighted by atomic mass is 10.1. The van der Waals surface area contributed by atoms with Crippen LogP contribution in [0.2, 0.25) is 0 Å². The number of anilines is 1. The number of hydrogen-bond donors (Lipinski definition) is 0. The number of hydrogen-bond acceptors (Lipinski definition) is 3. The minimum absolute atomic E-state index is 0.0494. The SMILES string of the molecule is COc1ccc(C(C)N(C)C(=O)/C=C/c2ccc(N3CCCC3=O)cc2)cc1. The summed E-state index contributed by atoms with van der Waals surface area (Å²) in [5.74, 6) is 0.902. The van der Waals surface area contributed by atoms with Crippen LogP contribution in [-0.2, 0) is 9.59 Å². The van der Waals surface area contributed by atoms with Crippen LogP contribution in [0.4, 0.5) is 5.69 Å². The van der Waals surface area contributed by atoms with Crippen LogP contribution in [0.1, 0.15) is 36.9 Å². The molecular formula is C23H26N2O3. The average Bonchev–Trinajstić information content (AvgIpc) is 3.17. The Balaban J connectivity index is 1.62. The number of carbonyl (C=O) groups excluding carboxylic acids is 2. The van der Waals surface area contributed by atoms with Gasteiger partial charge in [-0.15, -0.1) is 0 Å². The van der Waals surface area contributed by atoms with Crippen molar-refractivity contribution in [2.75, 3.05) is 25.6 Å². The Morgan fingerprint density at radius 3 is 2.39 bits per heavy atom. The van der Waals surface area contributed by atoms with Crippen molar-refractivity contribution in [3.63, 3.8) is 0 Å². The van der Waals surface area contributed by atoms with Gasteiger partial charge in [0.05, 0.1) is 13.2 Å². The fourth-order valence-electron chi connectivity index (χ4n) is 3.27. The van der Waals surface area contributed by atoms with E-state index in [1.54, 1.807) is 31.2 Å². The molecule has 1 aliphatic rings. The molecule has 0 aliphatic carbocycles. The molecule has 0 radical (unpaired) electrons. The molecule has 0 N–H and O–H groups in total. The van der Waals surface area contributed by atoms with Crippen LogP contribution in [0.15, 0.2) is 54.6 Å². The van der Waals surface area contributed by atoms with Crippen LogP contribution in [0.25, 0.3) is 6.08 Å². The lowest BCUT2D eigenvalue weighted by Crippen LogP contribution is -2.27. The predicted octanol–water partition coefficient (Wildman–Crippen LogP) is 4.05. The summed E-state index contributed by atoms with van der Waals surface area (Å²) in [5, 5.41) is 0. The lowest BCUT2D eigenvalue weighted by molar-refractivity contribution is -0.126. The molecule has 3 rings (SSSR count). The van der Waals surface area contributed by atoms with Gasteiger partial charge in [-0.05, 0) is 54.8 Å². The minimum Gasteiger partial charge on any atom is -0.497 e. The Morgan fingerprint density at radius 2 is 1.82 bits per heavy atom. The smallest absolute Gasteiger partial charge is 0.246 e. The molecule has 2 aromatic carbocycles. The van der Waals surface area contributed by atoms with E-state index in [-0.39, 0.29) is 17.9 Å². The third-order valence-corrected chi connectivity index (χ3v) is 5.22. The average molecular weight is 378 g/mol. The van der Waals surface area contributed by atoms with Gasteiger partial charge in [-0.2, -0.15) is 0 Å². The van der Waals surface area contributed by atoms with E-state index < -0.39 is 0 Å². The van der Waals surface area contributed by atoms with Crippen LogP contribution in [-0.4, -0.2) is 37.4 Å². The first-order valence-corrected chi connectivity index (χ1v) is 9.49. The Morgan fingerprint density at radius 1 is 1.14 bits per heavy atom. The zero-order valence-corrected chi connectivity index (χ0v) is 16.6.